The second-order valence-corrected chi connectivity index (χ2v) is 5.40. The Morgan fingerprint density at radius 2 is 2.04 bits per heavy atom. The van der Waals surface area contributed by atoms with Gasteiger partial charge < -0.3 is 20.5 Å². The van der Waals surface area contributed by atoms with Crippen LogP contribution in [0.15, 0.2) is 48.5 Å². The fraction of sp³-hybridized carbons (Fsp3) is 0.211. The standard InChI is InChI=1S/C19H19FN2O3/c1-3-11-25-17-6-4-5-16(12-17)22-19(24)21-13(2)18(23)14-7-9-15(20)10-8-14/h1,4-10,12-13,18,23H,11H2,2H3,(H2,21,22,24). The minimum absolute atomic E-state index is 0.135. The molecule has 130 valence electrons. The number of urea groups is 1. The Balaban J connectivity index is 1.93. The largest absolute Gasteiger partial charge is 0.481 e. The second kappa shape index (κ2) is 8.71. The zero-order valence-electron chi connectivity index (χ0n) is 13.7. The van der Waals surface area contributed by atoms with E-state index in [-0.39, 0.29) is 12.4 Å². The van der Waals surface area contributed by atoms with Crippen LogP contribution in [0.3, 0.4) is 0 Å². The van der Waals surface area contributed by atoms with Gasteiger partial charge in [0.15, 0.2) is 0 Å². The number of amides is 2. The van der Waals surface area contributed by atoms with Crippen molar-refractivity contribution in [3.8, 4) is 18.1 Å². The molecule has 2 rings (SSSR count). The van der Waals surface area contributed by atoms with Crippen LogP contribution in [0.2, 0.25) is 0 Å². The summed E-state index contributed by atoms with van der Waals surface area (Å²) >= 11 is 0. The lowest BCUT2D eigenvalue weighted by atomic mass is 10.0. The van der Waals surface area contributed by atoms with E-state index in [1.807, 2.05) is 0 Å². The van der Waals surface area contributed by atoms with Crippen molar-refractivity contribution >= 4 is 11.7 Å². The van der Waals surface area contributed by atoms with E-state index in [2.05, 4.69) is 16.6 Å². The van der Waals surface area contributed by atoms with Crippen LogP contribution in [-0.4, -0.2) is 23.8 Å². The second-order valence-electron chi connectivity index (χ2n) is 5.40. The van der Waals surface area contributed by atoms with Crippen LogP contribution < -0.4 is 15.4 Å². The van der Waals surface area contributed by atoms with Crippen molar-refractivity contribution in [2.24, 2.45) is 0 Å². The summed E-state index contributed by atoms with van der Waals surface area (Å²) in [4.78, 5) is 12.1. The molecule has 0 aliphatic heterocycles. The first-order chi connectivity index (χ1) is 12.0. The van der Waals surface area contributed by atoms with E-state index in [0.717, 1.165) is 0 Å². The van der Waals surface area contributed by atoms with Crippen LogP contribution in [0.25, 0.3) is 0 Å². The molecule has 5 nitrogen and oxygen atoms in total. The van der Waals surface area contributed by atoms with Crippen LogP contribution >= 0.6 is 0 Å². The molecule has 3 N–H and O–H groups in total. The molecule has 0 fully saturated rings. The van der Waals surface area contributed by atoms with Crippen LogP contribution in [0.1, 0.15) is 18.6 Å². The molecule has 2 aromatic rings. The molecule has 0 saturated carbocycles. The van der Waals surface area contributed by atoms with Gasteiger partial charge in [0.2, 0.25) is 0 Å². The smallest absolute Gasteiger partial charge is 0.319 e. The first kappa shape index (κ1) is 18.3. The number of anilines is 1. The predicted octanol–water partition coefficient (Wildman–Crippen LogP) is 3.08. The van der Waals surface area contributed by atoms with E-state index in [4.69, 9.17) is 11.2 Å². The molecule has 2 atom stereocenters. The molecule has 0 bridgehead atoms. The van der Waals surface area contributed by atoms with Gasteiger partial charge >= 0.3 is 6.03 Å². The fourth-order valence-corrected chi connectivity index (χ4v) is 2.19. The maximum absolute atomic E-state index is 12.9. The maximum atomic E-state index is 12.9. The number of carbonyl (C=O) groups excluding carboxylic acids is 1. The van der Waals surface area contributed by atoms with E-state index in [1.165, 1.54) is 24.3 Å². The Morgan fingerprint density at radius 3 is 2.72 bits per heavy atom. The van der Waals surface area contributed by atoms with E-state index in [9.17, 15) is 14.3 Å². The molecule has 0 spiro atoms. The lowest BCUT2D eigenvalue weighted by Crippen LogP contribution is -2.39. The number of benzene rings is 2. The number of aliphatic hydroxyl groups excluding tert-OH is 1. The molecule has 2 unspecified atom stereocenters. The van der Waals surface area contributed by atoms with Crippen molar-refractivity contribution in [1.82, 2.24) is 5.32 Å². The van der Waals surface area contributed by atoms with Gasteiger partial charge in [-0.15, -0.1) is 6.42 Å². The summed E-state index contributed by atoms with van der Waals surface area (Å²) in [5.41, 5.74) is 1.04. The third kappa shape index (κ3) is 5.52. The first-order valence-corrected chi connectivity index (χ1v) is 7.67. The SMILES string of the molecule is C#CCOc1cccc(NC(=O)NC(C)C(O)c2ccc(F)cc2)c1. The van der Waals surface area contributed by atoms with Gasteiger partial charge in [-0.05, 0) is 36.8 Å². The Kier molecular flexibility index (Phi) is 6.38. The number of halogens is 1. The average molecular weight is 342 g/mol. The van der Waals surface area contributed by atoms with Crippen LogP contribution in [0.4, 0.5) is 14.9 Å². The Bertz CT molecular complexity index is 756. The van der Waals surface area contributed by atoms with Crippen molar-refractivity contribution in [1.29, 1.82) is 0 Å². The lowest BCUT2D eigenvalue weighted by molar-refractivity contribution is 0.139. The van der Waals surface area contributed by atoms with Crippen molar-refractivity contribution in [3.05, 3.63) is 59.9 Å². The summed E-state index contributed by atoms with van der Waals surface area (Å²) in [6, 6.07) is 11.2. The molecule has 2 amide bonds. The molecule has 6 heteroatoms. The monoisotopic (exact) mass is 342 g/mol. The molecular formula is C19H19FN2O3. The minimum Gasteiger partial charge on any atom is -0.481 e. The van der Waals surface area contributed by atoms with Gasteiger partial charge in [-0.25, -0.2) is 9.18 Å². The molecule has 0 aliphatic rings. The highest BCUT2D eigenvalue weighted by atomic mass is 19.1. The number of rotatable bonds is 6. The van der Waals surface area contributed by atoms with Gasteiger partial charge in [0.25, 0.3) is 0 Å². The zero-order chi connectivity index (χ0) is 18.2. The Hall–Kier alpha value is -3.04. The molecule has 0 aromatic heterocycles. The molecular weight excluding hydrogens is 323 g/mol. The summed E-state index contributed by atoms with van der Waals surface area (Å²) in [6.45, 7) is 1.79. The normalized spacial score (nSPS) is 12.6. The highest BCUT2D eigenvalue weighted by Gasteiger charge is 2.18. The molecule has 0 radical (unpaired) electrons. The van der Waals surface area contributed by atoms with Gasteiger partial charge in [0.1, 0.15) is 18.2 Å². The number of carbonyl (C=O) groups is 1. The summed E-state index contributed by atoms with van der Waals surface area (Å²) in [7, 11) is 0. The van der Waals surface area contributed by atoms with Gasteiger partial charge in [0.05, 0.1) is 12.1 Å². The molecule has 0 saturated heterocycles. The number of hydrogen-bond acceptors (Lipinski definition) is 3. The Morgan fingerprint density at radius 1 is 1.32 bits per heavy atom. The number of hydrogen-bond donors (Lipinski definition) is 3. The lowest BCUT2D eigenvalue weighted by Gasteiger charge is -2.21. The van der Waals surface area contributed by atoms with Gasteiger partial charge in [0, 0.05) is 11.8 Å². The molecule has 0 aliphatic carbocycles. The van der Waals surface area contributed by atoms with Crippen molar-refractivity contribution in [2.75, 3.05) is 11.9 Å². The van der Waals surface area contributed by atoms with Gasteiger partial charge in [-0.3, -0.25) is 0 Å². The van der Waals surface area contributed by atoms with Crippen LogP contribution in [0.5, 0.6) is 5.75 Å². The summed E-state index contributed by atoms with van der Waals surface area (Å²) in [5, 5.41) is 15.5. The quantitative estimate of drug-likeness (QED) is 0.707. The van der Waals surface area contributed by atoms with Gasteiger partial charge in [-0.2, -0.15) is 0 Å². The number of aliphatic hydroxyl groups is 1. The molecule has 25 heavy (non-hydrogen) atoms. The van der Waals surface area contributed by atoms with E-state index >= 15 is 0 Å². The number of nitrogens with one attached hydrogen (secondary N) is 2. The summed E-state index contributed by atoms with van der Waals surface area (Å²) < 4.78 is 18.2. The van der Waals surface area contributed by atoms with Gasteiger partial charge in [-0.1, -0.05) is 24.1 Å². The minimum atomic E-state index is -0.961. The fourth-order valence-electron chi connectivity index (χ4n) is 2.19. The van der Waals surface area contributed by atoms with Crippen molar-refractivity contribution < 1.29 is 19.0 Å². The Labute approximate surface area is 145 Å². The molecule has 0 heterocycles. The predicted molar refractivity (Wildman–Crippen MR) is 93.7 cm³/mol. The summed E-state index contributed by atoms with van der Waals surface area (Å²) in [5.74, 6) is 2.51. The third-order valence-electron chi connectivity index (χ3n) is 3.46. The third-order valence-corrected chi connectivity index (χ3v) is 3.46. The highest BCUT2D eigenvalue weighted by molar-refractivity contribution is 5.89. The number of ether oxygens (including phenoxy) is 1. The highest BCUT2D eigenvalue weighted by Crippen LogP contribution is 2.19. The zero-order valence-corrected chi connectivity index (χ0v) is 13.7. The van der Waals surface area contributed by atoms with E-state index in [1.54, 1.807) is 31.2 Å². The number of terminal acetylenes is 1. The first-order valence-electron chi connectivity index (χ1n) is 7.67. The average Bonchev–Trinajstić information content (AvgIpc) is 2.60. The van der Waals surface area contributed by atoms with Crippen LogP contribution in [-0.2, 0) is 0 Å². The van der Waals surface area contributed by atoms with Crippen molar-refractivity contribution in [3.63, 3.8) is 0 Å². The van der Waals surface area contributed by atoms with E-state index < -0.39 is 18.2 Å². The van der Waals surface area contributed by atoms with Crippen LogP contribution in [0, 0.1) is 18.2 Å². The summed E-state index contributed by atoms with van der Waals surface area (Å²) in [6.07, 6.45) is 4.17. The topological polar surface area (TPSA) is 70.6 Å². The molecule has 2 aromatic carbocycles. The van der Waals surface area contributed by atoms with Crippen molar-refractivity contribution in [2.45, 2.75) is 19.1 Å². The van der Waals surface area contributed by atoms with E-state index in [0.29, 0.717) is 17.0 Å². The maximum Gasteiger partial charge on any atom is 0.319 e.